The second kappa shape index (κ2) is 12.5. The summed E-state index contributed by atoms with van der Waals surface area (Å²) in [6.45, 7) is -0.252. The van der Waals surface area contributed by atoms with Crippen LogP contribution in [0.5, 0.6) is 5.75 Å². The van der Waals surface area contributed by atoms with E-state index in [4.69, 9.17) is 9.47 Å². The number of esters is 1. The van der Waals surface area contributed by atoms with Crippen molar-refractivity contribution in [2.24, 2.45) is 0 Å². The van der Waals surface area contributed by atoms with Crippen LogP contribution in [0.2, 0.25) is 0 Å². The quantitative estimate of drug-likeness (QED) is 0.279. The molecule has 7 nitrogen and oxygen atoms in total. The number of ether oxygens (including phenoxy) is 2. The Morgan fingerprint density at radius 1 is 1.19 bits per heavy atom. The van der Waals surface area contributed by atoms with Crippen LogP contribution in [-0.2, 0) is 26.9 Å². The van der Waals surface area contributed by atoms with Crippen LogP contribution in [0.25, 0.3) is 0 Å². The average Bonchev–Trinajstić information content (AvgIpc) is 3.41. The van der Waals surface area contributed by atoms with Gasteiger partial charge in [0.2, 0.25) is 5.91 Å². The van der Waals surface area contributed by atoms with Crippen LogP contribution in [-0.4, -0.2) is 41.4 Å². The van der Waals surface area contributed by atoms with Gasteiger partial charge in [-0.05, 0) is 41.8 Å². The number of amides is 1. The minimum atomic E-state index is -4.56. The molecule has 0 saturated carbocycles. The third-order valence-corrected chi connectivity index (χ3v) is 6.39. The summed E-state index contributed by atoms with van der Waals surface area (Å²) in [6.07, 6.45) is -5.39. The SMILES string of the molecule is CNC(=O)C(Cc1ccc(OCC(OC(=O)c2cscn2)c2cccc(C(F)(F)F)c2)cc1)SC=O. The Kier molecular flexibility index (Phi) is 9.48. The van der Waals surface area contributed by atoms with Gasteiger partial charge in [0.05, 0.1) is 16.3 Å². The number of rotatable bonds is 11. The van der Waals surface area contributed by atoms with Gasteiger partial charge >= 0.3 is 12.1 Å². The first-order chi connectivity index (χ1) is 17.2. The highest BCUT2D eigenvalue weighted by Crippen LogP contribution is 2.32. The molecule has 12 heteroatoms. The first-order valence-electron chi connectivity index (χ1n) is 10.5. The van der Waals surface area contributed by atoms with E-state index < -0.39 is 29.1 Å². The zero-order valence-corrected chi connectivity index (χ0v) is 20.5. The number of carbonyl (C=O) groups is 3. The maximum absolute atomic E-state index is 13.2. The van der Waals surface area contributed by atoms with Crippen molar-refractivity contribution in [3.8, 4) is 5.75 Å². The molecule has 2 unspecified atom stereocenters. The number of aromatic nitrogens is 1. The van der Waals surface area contributed by atoms with Gasteiger partial charge in [0.25, 0.3) is 0 Å². The molecule has 3 rings (SSSR count). The van der Waals surface area contributed by atoms with Crippen LogP contribution >= 0.6 is 23.1 Å². The molecule has 2 aromatic carbocycles. The van der Waals surface area contributed by atoms with Gasteiger partial charge in [0.1, 0.15) is 12.4 Å². The van der Waals surface area contributed by atoms with Gasteiger partial charge in [-0.25, -0.2) is 9.78 Å². The molecule has 0 aliphatic rings. The van der Waals surface area contributed by atoms with Crippen LogP contribution in [0.1, 0.15) is 33.3 Å². The Morgan fingerprint density at radius 2 is 1.94 bits per heavy atom. The number of alkyl halides is 3. The summed E-state index contributed by atoms with van der Waals surface area (Å²) in [6, 6.07) is 11.1. The summed E-state index contributed by atoms with van der Waals surface area (Å²) >= 11 is 2.05. The van der Waals surface area contributed by atoms with E-state index >= 15 is 0 Å². The predicted molar refractivity (Wildman–Crippen MR) is 130 cm³/mol. The first kappa shape index (κ1) is 27.2. The molecular formula is C24H21F3N2O5S2. The van der Waals surface area contributed by atoms with Crippen molar-refractivity contribution in [2.75, 3.05) is 13.7 Å². The smallest absolute Gasteiger partial charge is 0.416 e. The van der Waals surface area contributed by atoms with E-state index in [-0.39, 0.29) is 23.8 Å². The van der Waals surface area contributed by atoms with Gasteiger partial charge in [0.15, 0.2) is 17.4 Å². The largest absolute Gasteiger partial charge is 0.489 e. The predicted octanol–water partition coefficient (Wildman–Crippen LogP) is 4.72. The number of benzene rings is 2. The van der Waals surface area contributed by atoms with E-state index in [1.54, 1.807) is 24.3 Å². The molecule has 1 heterocycles. The number of nitrogens with one attached hydrogen (secondary N) is 1. The Bertz CT molecular complexity index is 1170. The summed E-state index contributed by atoms with van der Waals surface area (Å²) in [7, 11) is 1.49. The molecule has 0 saturated heterocycles. The molecule has 1 amide bonds. The topological polar surface area (TPSA) is 94.6 Å². The van der Waals surface area contributed by atoms with E-state index in [2.05, 4.69) is 10.3 Å². The lowest BCUT2D eigenvalue weighted by Gasteiger charge is -2.20. The summed E-state index contributed by atoms with van der Waals surface area (Å²) in [5.41, 5.74) is 2.10. The minimum Gasteiger partial charge on any atom is -0.489 e. The third kappa shape index (κ3) is 7.56. The fraction of sp³-hybridized carbons (Fsp3) is 0.250. The highest BCUT2D eigenvalue weighted by Gasteiger charge is 2.31. The molecule has 3 aromatic rings. The Balaban J connectivity index is 1.74. The zero-order chi connectivity index (χ0) is 26.1. The third-order valence-electron chi connectivity index (χ3n) is 4.98. The highest BCUT2D eigenvalue weighted by atomic mass is 32.2. The molecule has 36 heavy (non-hydrogen) atoms. The molecular weight excluding hydrogens is 517 g/mol. The summed E-state index contributed by atoms with van der Waals surface area (Å²) < 4.78 is 50.8. The van der Waals surface area contributed by atoms with E-state index in [1.807, 2.05) is 0 Å². The number of thiazole rings is 1. The molecule has 0 bridgehead atoms. The lowest BCUT2D eigenvalue weighted by atomic mass is 10.1. The number of nitrogens with zero attached hydrogens (tertiary/aromatic N) is 1. The molecule has 0 aliphatic heterocycles. The van der Waals surface area contributed by atoms with Crippen LogP contribution in [0.15, 0.2) is 59.4 Å². The van der Waals surface area contributed by atoms with Gasteiger partial charge < -0.3 is 14.8 Å². The molecule has 0 spiro atoms. The highest BCUT2D eigenvalue weighted by molar-refractivity contribution is 8.13. The summed E-state index contributed by atoms with van der Waals surface area (Å²) in [5.74, 6) is -0.691. The zero-order valence-electron chi connectivity index (χ0n) is 18.9. The molecule has 190 valence electrons. The maximum atomic E-state index is 13.2. The van der Waals surface area contributed by atoms with Crippen molar-refractivity contribution in [3.63, 3.8) is 0 Å². The van der Waals surface area contributed by atoms with Crippen molar-refractivity contribution in [2.45, 2.75) is 24.0 Å². The Hall–Kier alpha value is -3.38. The van der Waals surface area contributed by atoms with Crippen molar-refractivity contribution in [3.05, 3.63) is 81.8 Å². The second-order valence-electron chi connectivity index (χ2n) is 7.39. The lowest BCUT2D eigenvalue weighted by molar-refractivity contribution is -0.137. The van der Waals surface area contributed by atoms with Crippen molar-refractivity contribution in [1.29, 1.82) is 0 Å². The number of hydrogen-bond acceptors (Lipinski definition) is 8. The van der Waals surface area contributed by atoms with E-state index in [0.717, 1.165) is 29.5 Å². The van der Waals surface area contributed by atoms with Crippen LogP contribution < -0.4 is 10.1 Å². The number of hydrogen-bond donors (Lipinski definition) is 1. The number of thioether (sulfide) groups is 1. The Labute approximate surface area is 213 Å². The maximum Gasteiger partial charge on any atom is 0.416 e. The van der Waals surface area contributed by atoms with Gasteiger partial charge in [-0.2, -0.15) is 13.2 Å². The number of halogens is 3. The second-order valence-corrected chi connectivity index (χ2v) is 9.14. The standard InChI is InChI=1S/C24H21F3N2O5S2/c1-28-22(31)21(36-14-30)9-15-5-7-18(8-6-15)33-11-20(34-23(32)19-12-35-13-29-19)16-3-2-4-17(10-16)24(25,26)27/h2-8,10,12-14,20-21H,9,11H2,1H3,(H,28,31). The fourth-order valence-corrected chi connectivity index (χ4v) is 4.34. The molecule has 0 radical (unpaired) electrons. The van der Waals surface area contributed by atoms with E-state index in [9.17, 15) is 27.6 Å². The number of carbonyl (C=O) groups excluding carboxylic acids is 3. The van der Waals surface area contributed by atoms with Gasteiger partial charge in [-0.3, -0.25) is 9.59 Å². The molecule has 0 fully saturated rings. The van der Waals surface area contributed by atoms with E-state index in [1.165, 1.54) is 41.4 Å². The van der Waals surface area contributed by atoms with E-state index in [0.29, 0.717) is 17.8 Å². The molecule has 0 aliphatic carbocycles. The average molecular weight is 539 g/mol. The molecule has 1 N–H and O–H groups in total. The van der Waals surface area contributed by atoms with Gasteiger partial charge in [0, 0.05) is 12.4 Å². The summed E-state index contributed by atoms with van der Waals surface area (Å²) in [5, 5.41) is 3.39. The van der Waals surface area contributed by atoms with Crippen molar-refractivity contribution in [1.82, 2.24) is 10.3 Å². The lowest BCUT2D eigenvalue weighted by Crippen LogP contribution is -2.31. The molecule has 2 atom stereocenters. The monoisotopic (exact) mass is 538 g/mol. The van der Waals surface area contributed by atoms with Crippen molar-refractivity contribution >= 4 is 40.6 Å². The van der Waals surface area contributed by atoms with Crippen LogP contribution in [0.3, 0.4) is 0 Å². The van der Waals surface area contributed by atoms with Crippen LogP contribution in [0.4, 0.5) is 13.2 Å². The van der Waals surface area contributed by atoms with Gasteiger partial charge in [-0.1, -0.05) is 36.0 Å². The van der Waals surface area contributed by atoms with Gasteiger partial charge in [-0.15, -0.1) is 11.3 Å². The van der Waals surface area contributed by atoms with Crippen molar-refractivity contribution < 1.29 is 37.0 Å². The van der Waals surface area contributed by atoms with Crippen LogP contribution in [0, 0.1) is 0 Å². The Morgan fingerprint density at radius 3 is 2.56 bits per heavy atom. The fourth-order valence-electron chi connectivity index (χ4n) is 3.15. The first-order valence-corrected chi connectivity index (χ1v) is 12.4. The summed E-state index contributed by atoms with van der Waals surface area (Å²) in [4.78, 5) is 39.1. The normalized spacial score (nSPS) is 12.9. The molecule has 1 aromatic heterocycles. The minimum absolute atomic E-state index is 0.0418.